The van der Waals surface area contributed by atoms with Gasteiger partial charge >= 0.3 is 11.9 Å². The minimum Gasteiger partial charge on any atom is -0.463 e. The summed E-state index contributed by atoms with van der Waals surface area (Å²) in [5.41, 5.74) is -1.10. The molecule has 0 atom stereocenters. The SMILES string of the molecule is CC.CC.CCCC(=O)OCC(C)(C)OCCC(C)(C)OC(=O)CC. The van der Waals surface area contributed by atoms with Gasteiger partial charge in [-0.1, -0.05) is 41.5 Å². The Morgan fingerprint density at radius 2 is 1.36 bits per heavy atom. The van der Waals surface area contributed by atoms with Crippen molar-refractivity contribution in [1.29, 1.82) is 0 Å². The number of hydrogen-bond acceptors (Lipinski definition) is 5. The first kappa shape index (κ1) is 28.7. The van der Waals surface area contributed by atoms with Gasteiger partial charge in [0.05, 0.1) is 12.2 Å². The van der Waals surface area contributed by atoms with Crippen LogP contribution in [0.2, 0.25) is 0 Å². The van der Waals surface area contributed by atoms with Gasteiger partial charge in [0.1, 0.15) is 12.2 Å². The highest BCUT2D eigenvalue weighted by Crippen LogP contribution is 2.18. The topological polar surface area (TPSA) is 61.8 Å². The maximum atomic E-state index is 11.3. The van der Waals surface area contributed by atoms with E-state index >= 15 is 0 Å². The van der Waals surface area contributed by atoms with Crippen LogP contribution in [0.15, 0.2) is 0 Å². The molecule has 0 spiro atoms. The lowest BCUT2D eigenvalue weighted by atomic mass is 10.1. The summed E-state index contributed by atoms with van der Waals surface area (Å²) in [5, 5.41) is 0. The van der Waals surface area contributed by atoms with Crippen molar-refractivity contribution in [2.24, 2.45) is 0 Å². The molecule has 0 aromatic carbocycles. The lowest BCUT2D eigenvalue weighted by Gasteiger charge is -2.29. The Bertz CT molecular complexity index is 335. The minimum absolute atomic E-state index is 0.202. The molecule has 0 fully saturated rings. The van der Waals surface area contributed by atoms with E-state index in [4.69, 9.17) is 14.2 Å². The molecule has 25 heavy (non-hydrogen) atoms. The molecule has 0 saturated heterocycles. The van der Waals surface area contributed by atoms with Gasteiger partial charge in [0, 0.05) is 19.3 Å². The van der Waals surface area contributed by atoms with Crippen molar-refractivity contribution in [1.82, 2.24) is 0 Å². The van der Waals surface area contributed by atoms with Crippen LogP contribution >= 0.6 is 0 Å². The van der Waals surface area contributed by atoms with Crippen molar-refractivity contribution in [3.63, 3.8) is 0 Å². The quantitative estimate of drug-likeness (QED) is 0.494. The van der Waals surface area contributed by atoms with Crippen molar-refractivity contribution < 1.29 is 23.8 Å². The monoisotopic (exact) mass is 362 g/mol. The Balaban J connectivity index is -0.00000112. The van der Waals surface area contributed by atoms with E-state index in [0.717, 1.165) is 6.42 Å². The summed E-state index contributed by atoms with van der Waals surface area (Å²) in [5.74, 6) is -0.417. The highest BCUT2D eigenvalue weighted by molar-refractivity contribution is 5.69. The zero-order chi connectivity index (χ0) is 20.5. The fourth-order valence-corrected chi connectivity index (χ4v) is 1.58. The van der Waals surface area contributed by atoms with Crippen molar-refractivity contribution in [3.05, 3.63) is 0 Å². The summed E-state index contributed by atoms with van der Waals surface area (Å²) >= 11 is 0. The molecule has 0 unspecified atom stereocenters. The van der Waals surface area contributed by atoms with Crippen molar-refractivity contribution >= 4 is 11.9 Å². The second-order valence-electron chi connectivity index (χ2n) is 6.36. The molecule has 5 heteroatoms. The van der Waals surface area contributed by atoms with E-state index in [-0.39, 0.29) is 18.5 Å². The summed E-state index contributed by atoms with van der Waals surface area (Å²) in [4.78, 5) is 22.6. The molecule has 0 aliphatic carbocycles. The molecule has 5 nitrogen and oxygen atoms in total. The Labute approximate surface area is 155 Å². The highest BCUT2D eigenvalue weighted by atomic mass is 16.6. The van der Waals surface area contributed by atoms with Crippen LogP contribution < -0.4 is 0 Å². The third kappa shape index (κ3) is 19.1. The first-order valence-electron chi connectivity index (χ1n) is 9.63. The van der Waals surface area contributed by atoms with Crippen LogP contribution in [0.4, 0.5) is 0 Å². The number of hydrogen-bond donors (Lipinski definition) is 0. The largest absolute Gasteiger partial charge is 0.463 e. The van der Waals surface area contributed by atoms with Gasteiger partial charge in [-0.05, 0) is 34.1 Å². The lowest BCUT2D eigenvalue weighted by Crippen LogP contribution is -2.35. The average molecular weight is 363 g/mol. The summed E-state index contributed by atoms with van der Waals surface area (Å²) < 4.78 is 16.2. The molecule has 0 bridgehead atoms. The zero-order valence-corrected chi connectivity index (χ0v) is 18.3. The Morgan fingerprint density at radius 3 is 1.80 bits per heavy atom. The van der Waals surface area contributed by atoms with E-state index in [1.807, 2.05) is 62.3 Å². The van der Waals surface area contributed by atoms with Gasteiger partial charge < -0.3 is 14.2 Å². The smallest absolute Gasteiger partial charge is 0.306 e. The zero-order valence-electron chi connectivity index (χ0n) is 18.3. The fraction of sp³-hybridized carbons (Fsp3) is 0.900. The number of rotatable bonds is 10. The van der Waals surface area contributed by atoms with Crippen LogP contribution in [0.3, 0.4) is 0 Å². The summed E-state index contributed by atoms with van der Waals surface area (Å²) in [7, 11) is 0. The van der Waals surface area contributed by atoms with Gasteiger partial charge in [-0.15, -0.1) is 0 Å². The fourth-order valence-electron chi connectivity index (χ4n) is 1.58. The number of esters is 2. The molecule has 0 saturated carbocycles. The highest BCUT2D eigenvalue weighted by Gasteiger charge is 2.25. The summed E-state index contributed by atoms with van der Waals surface area (Å²) in [6.45, 7) is 19.8. The summed E-state index contributed by atoms with van der Waals surface area (Å²) in [6.07, 6.45) is 2.15. The average Bonchev–Trinajstić information content (AvgIpc) is 2.56. The van der Waals surface area contributed by atoms with Gasteiger partial charge in [-0.3, -0.25) is 9.59 Å². The normalized spacial score (nSPS) is 10.6. The van der Waals surface area contributed by atoms with Gasteiger partial charge in [-0.2, -0.15) is 0 Å². The predicted octanol–water partition coefficient (Wildman–Crippen LogP) is 5.30. The van der Waals surface area contributed by atoms with Gasteiger partial charge in [0.2, 0.25) is 0 Å². The second-order valence-corrected chi connectivity index (χ2v) is 6.36. The minimum atomic E-state index is -0.554. The number of ether oxygens (including phenoxy) is 3. The molecule has 0 aliphatic heterocycles. The molecule has 0 rings (SSSR count). The number of carbonyl (C=O) groups excluding carboxylic acids is 2. The van der Waals surface area contributed by atoms with Crippen LogP contribution in [0.1, 0.15) is 94.9 Å². The molecular weight excluding hydrogens is 320 g/mol. The third-order valence-electron chi connectivity index (χ3n) is 2.91. The molecule has 0 aliphatic rings. The predicted molar refractivity (Wildman–Crippen MR) is 104 cm³/mol. The Morgan fingerprint density at radius 1 is 0.840 bits per heavy atom. The van der Waals surface area contributed by atoms with Crippen LogP contribution in [0.25, 0.3) is 0 Å². The van der Waals surface area contributed by atoms with Crippen LogP contribution in [-0.2, 0) is 23.8 Å². The maximum Gasteiger partial charge on any atom is 0.306 e. The first-order chi connectivity index (χ1) is 11.6. The molecule has 0 amide bonds. The van der Waals surface area contributed by atoms with E-state index in [2.05, 4.69) is 0 Å². The molecule has 152 valence electrons. The van der Waals surface area contributed by atoms with E-state index in [1.165, 1.54) is 0 Å². The van der Waals surface area contributed by atoms with Crippen LogP contribution in [0, 0.1) is 0 Å². The summed E-state index contributed by atoms with van der Waals surface area (Å²) in [6, 6.07) is 0. The van der Waals surface area contributed by atoms with E-state index in [0.29, 0.717) is 25.9 Å². The molecule has 0 aromatic heterocycles. The standard InChI is InChI=1S/C16H30O5.2C2H6/c1-7-9-14(18)19-12-16(5,6)20-11-10-15(3,4)21-13(17)8-2;2*1-2/h7-12H2,1-6H3;2*1-2H3. The van der Waals surface area contributed by atoms with E-state index < -0.39 is 11.2 Å². The molecule has 0 heterocycles. The molecule has 0 radical (unpaired) electrons. The first-order valence-corrected chi connectivity index (χ1v) is 9.63. The van der Waals surface area contributed by atoms with Gasteiger partial charge in [0.25, 0.3) is 0 Å². The number of carbonyl (C=O) groups is 2. The van der Waals surface area contributed by atoms with Gasteiger partial charge in [0.15, 0.2) is 0 Å². The second kappa shape index (κ2) is 16.4. The maximum absolute atomic E-state index is 11.3. The van der Waals surface area contributed by atoms with Crippen LogP contribution in [-0.4, -0.2) is 36.4 Å². The van der Waals surface area contributed by atoms with E-state index in [1.54, 1.807) is 6.92 Å². The molecular formula is C20H42O5. The molecule has 0 N–H and O–H groups in total. The third-order valence-corrected chi connectivity index (χ3v) is 2.91. The van der Waals surface area contributed by atoms with Crippen molar-refractivity contribution in [3.8, 4) is 0 Å². The van der Waals surface area contributed by atoms with Crippen LogP contribution in [0.5, 0.6) is 0 Å². The van der Waals surface area contributed by atoms with Crippen molar-refractivity contribution in [2.75, 3.05) is 13.2 Å². The molecule has 0 aromatic rings. The van der Waals surface area contributed by atoms with Crippen molar-refractivity contribution in [2.45, 2.75) is 106 Å². The van der Waals surface area contributed by atoms with E-state index in [9.17, 15) is 9.59 Å². The lowest BCUT2D eigenvalue weighted by molar-refractivity contribution is -0.162. The Hall–Kier alpha value is -1.10. The van der Waals surface area contributed by atoms with Gasteiger partial charge in [-0.25, -0.2) is 0 Å². The Kier molecular flexibility index (Phi) is 18.8.